The van der Waals surface area contributed by atoms with Gasteiger partial charge >= 0.3 is 18.1 Å². The van der Waals surface area contributed by atoms with E-state index >= 15 is 0 Å². The molecule has 0 saturated heterocycles. The van der Waals surface area contributed by atoms with Gasteiger partial charge in [0.15, 0.2) is 0 Å². The smallest absolute Gasteiger partial charge is 0.412 e. The molecule has 10 nitrogen and oxygen atoms in total. The Balaban J connectivity index is 1.58. The highest BCUT2D eigenvalue weighted by Crippen LogP contribution is 2.20. The van der Waals surface area contributed by atoms with Gasteiger partial charge in [-0.15, -0.1) is 0 Å². The van der Waals surface area contributed by atoms with Crippen molar-refractivity contribution >= 4 is 46.3 Å². The first-order valence-corrected chi connectivity index (χ1v) is 12.8. The number of benzene rings is 1. The number of hydrogen-bond acceptors (Lipinski definition) is 7. The van der Waals surface area contributed by atoms with E-state index in [0.29, 0.717) is 37.1 Å². The summed E-state index contributed by atoms with van der Waals surface area (Å²) in [5, 5.41) is 6.95. The van der Waals surface area contributed by atoms with Crippen molar-refractivity contribution < 1.29 is 28.2 Å². The summed E-state index contributed by atoms with van der Waals surface area (Å²) in [7, 11) is 2.93. The minimum Gasteiger partial charge on any atom is -0.469 e. The number of ether oxygens (including phenoxy) is 2. The molecule has 0 unspecified atom stereocenters. The quantitative estimate of drug-likeness (QED) is 0.228. The number of pyridine rings is 2. The molecule has 0 fully saturated rings. The highest BCUT2D eigenvalue weighted by atomic mass is 35.5. The van der Waals surface area contributed by atoms with Gasteiger partial charge < -0.3 is 19.7 Å². The molecule has 3 rings (SSSR count). The Morgan fingerprint density at radius 1 is 1.13 bits per heavy atom. The second kappa shape index (κ2) is 14.8. The number of carbonyl (C=O) groups is 3. The van der Waals surface area contributed by atoms with Crippen LogP contribution in [0, 0.1) is 5.82 Å². The first kappa shape index (κ1) is 29.6. The van der Waals surface area contributed by atoms with Gasteiger partial charge in [-0.05, 0) is 42.0 Å². The zero-order chi connectivity index (χ0) is 28.2. The van der Waals surface area contributed by atoms with Crippen molar-refractivity contribution in [2.45, 2.75) is 44.7 Å². The zero-order valence-corrected chi connectivity index (χ0v) is 22.5. The Labute approximate surface area is 230 Å². The van der Waals surface area contributed by atoms with Crippen LogP contribution >= 0.6 is 11.6 Å². The Kier molecular flexibility index (Phi) is 11.2. The van der Waals surface area contributed by atoms with Crippen LogP contribution in [0.1, 0.15) is 37.7 Å². The number of halogens is 2. The molecule has 39 heavy (non-hydrogen) atoms. The molecule has 2 aromatic heterocycles. The monoisotopic (exact) mass is 559 g/mol. The number of amides is 3. The molecule has 2 heterocycles. The fourth-order valence-electron chi connectivity index (χ4n) is 3.82. The Hall–Kier alpha value is -3.99. The van der Waals surface area contributed by atoms with Gasteiger partial charge in [-0.1, -0.05) is 36.6 Å². The number of likely N-dealkylation sites (N-methyl/N-ethyl adjacent to an activating group) is 1. The van der Waals surface area contributed by atoms with Gasteiger partial charge in [-0.25, -0.2) is 19.0 Å². The maximum atomic E-state index is 13.7. The molecular formula is C27H31ClFN5O5. The number of unbranched alkanes of at least 4 members (excludes halogenated alkanes) is 2. The van der Waals surface area contributed by atoms with E-state index in [2.05, 4.69) is 25.3 Å². The largest absolute Gasteiger partial charge is 0.469 e. The number of carbonyl (C=O) groups excluding carboxylic acids is 3. The third-order valence-electron chi connectivity index (χ3n) is 6.13. The summed E-state index contributed by atoms with van der Waals surface area (Å²) in [6.07, 6.45) is 7.05. The minimum atomic E-state index is -0.716. The first-order valence-electron chi connectivity index (χ1n) is 12.4. The van der Waals surface area contributed by atoms with Crippen LogP contribution in [-0.2, 0) is 20.8 Å². The minimum absolute atomic E-state index is 0.0239. The number of esters is 1. The van der Waals surface area contributed by atoms with E-state index in [4.69, 9.17) is 16.3 Å². The Bertz CT molecular complexity index is 1290. The molecule has 12 heteroatoms. The molecule has 208 valence electrons. The zero-order valence-electron chi connectivity index (χ0n) is 21.8. The van der Waals surface area contributed by atoms with Crippen molar-refractivity contribution in [1.82, 2.24) is 20.2 Å². The van der Waals surface area contributed by atoms with Gasteiger partial charge in [0.05, 0.1) is 18.2 Å². The van der Waals surface area contributed by atoms with E-state index in [1.165, 1.54) is 24.1 Å². The van der Waals surface area contributed by atoms with Crippen LogP contribution in [0.2, 0.25) is 5.02 Å². The molecule has 1 atom stereocenters. The number of methoxy groups -OCH3 is 1. The molecular weight excluding hydrogens is 529 g/mol. The van der Waals surface area contributed by atoms with Gasteiger partial charge in [0.2, 0.25) is 0 Å². The summed E-state index contributed by atoms with van der Waals surface area (Å²) in [5.41, 5.74) is 0.437. The van der Waals surface area contributed by atoms with Crippen LogP contribution in [-0.4, -0.2) is 59.8 Å². The summed E-state index contributed by atoms with van der Waals surface area (Å²) in [6, 6.07) is 6.97. The standard InChI is InChI=1S/C27H31ClFN5O5/c1-34(26(36)32-15-19-7-6-9-22(29)25(19)28)21(8-4-3-5-10-24(35)38-2)17-39-27(37)33-23-13-18-11-12-30-14-20(18)16-31-23/h6-7,9,11-14,16,21H,3-5,8,10,15,17H2,1-2H3,(H,32,36)(H,31,33,37)/t21-/m0/s1. The molecule has 0 aliphatic rings. The van der Waals surface area contributed by atoms with Crippen molar-refractivity contribution in [3.05, 3.63) is 65.3 Å². The predicted molar refractivity (Wildman–Crippen MR) is 145 cm³/mol. The topological polar surface area (TPSA) is 123 Å². The molecule has 0 bridgehead atoms. The Morgan fingerprint density at radius 2 is 1.95 bits per heavy atom. The van der Waals surface area contributed by atoms with Crippen LogP contribution in [0.5, 0.6) is 0 Å². The van der Waals surface area contributed by atoms with Crippen LogP contribution in [0.4, 0.5) is 19.8 Å². The van der Waals surface area contributed by atoms with E-state index in [1.54, 1.807) is 43.8 Å². The van der Waals surface area contributed by atoms with E-state index in [0.717, 1.165) is 17.2 Å². The van der Waals surface area contributed by atoms with E-state index in [1.807, 2.05) is 0 Å². The van der Waals surface area contributed by atoms with Gasteiger partial charge in [0, 0.05) is 44.0 Å². The number of rotatable bonds is 12. The van der Waals surface area contributed by atoms with Crippen molar-refractivity contribution in [2.24, 2.45) is 0 Å². The average molecular weight is 560 g/mol. The SMILES string of the molecule is COC(=O)CCCCC[C@@H](COC(=O)Nc1cc2ccncc2cn1)N(C)C(=O)NCc1cccc(F)c1Cl. The number of fused-ring (bicyclic) bond motifs is 1. The van der Waals surface area contributed by atoms with E-state index < -0.39 is 24.0 Å². The fraction of sp³-hybridized carbons (Fsp3) is 0.370. The number of hydrogen-bond donors (Lipinski definition) is 2. The molecule has 1 aromatic carbocycles. The summed E-state index contributed by atoms with van der Waals surface area (Å²) >= 11 is 5.99. The normalized spacial score (nSPS) is 11.5. The van der Waals surface area contributed by atoms with Crippen LogP contribution in [0.15, 0.2) is 48.9 Å². The Morgan fingerprint density at radius 3 is 2.74 bits per heavy atom. The molecule has 0 aliphatic heterocycles. The van der Waals surface area contributed by atoms with Gasteiger partial charge in [-0.2, -0.15) is 0 Å². The number of anilines is 1. The lowest BCUT2D eigenvalue weighted by molar-refractivity contribution is -0.140. The number of nitrogens with zero attached hydrogens (tertiary/aromatic N) is 3. The maximum absolute atomic E-state index is 13.7. The summed E-state index contributed by atoms with van der Waals surface area (Å²) in [6.45, 7) is -0.0545. The lowest BCUT2D eigenvalue weighted by Gasteiger charge is -2.28. The lowest BCUT2D eigenvalue weighted by Crippen LogP contribution is -2.46. The molecule has 0 radical (unpaired) electrons. The van der Waals surface area contributed by atoms with Crippen molar-refractivity contribution in [3.8, 4) is 0 Å². The van der Waals surface area contributed by atoms with Crippen molar-refractivity contribution in [2.75, 3.05) is 26.1 Å². The van der Waals surface area contributed by atoms with E-state index in [9.17, 15) is 18.8 Å². The van der Waals surface area contributed by atoms with Crippen molar-refractivity contribution in [1.29, 1.82) is 0 Å². The van der Waals surface area contributed by atoms with E-state index in [-0.39, 0.29) is 24.1 Å². The number of aromatic nitrogens is 2. The molecule has 2 N–H and O–H groups in total. The first-order chi connectivity index (χ1) is 18.8. The highest BCUT2D eigenvalue weighted by Gasteiger charge is 2.22. The second-order valence-electron chi connectivity index (χ2n) is 8.83. The average Bonchev–Trinajstić information content (AvgIpc) is 2.94. The summed E-state index contributed by atoms with van der Waals surface area (Å²) in [4.78, 5) is 46.4. The maximum Gasteiger partial charge on any atom is 0.412 e. The molecule has 0 saturated carbocycles. The predicted octanol–water partition coefficient (Wildman–Crippen LogP) is 5.30. The third kappa shape index (κ3) is 9.06. The fourth-order valence-corrected chi connectivity index (χ4v) is 4.02. The van der Waals surface area contributed by atoms with Crippen LogP contribution < -0.4 is 10.6 Å². The van der Waals surface area contributed by atoms with Gasteiger partial charge in [-0.3, -0.25) is 15.1 Å². The second-order valence-corrected chi connectivity index (χ2v) is 9.21. The van der Waals surface area contributed by atoms with Crippen LogP contribution in [0.3, 0.4) is 0 Å². The highest BCUT2D eigenvalue weighted by molar-refractivity contribution is 6.31. The molecule has 0 aliphatic carbocycles. The third-order valence-corrected chi connectivity index (χ3v) is 6.56. The number of nitrogens with one attached hydrogen (secondary N) is 2. The molecule has 3 amide bonds. The van der Waals surface area contributed by atoms with Gasteiger partial charge in [0.1, 0.15) is 18.2 Å². The molecule has 3 aromatic rings. The summed E-state index contributed by atoms with van der Waals surface area (Å²) < 4.78 is 23.8. The van der Waals surface area contributed by atoms with Crippen LogP contribution in [0.25, 0.3) is 10.8 Å². The summed E-state index contributed by atoms with van der Waals surface area (Å²) in [5.74, 6) is -0.535. The van der Waals surface area contributed by atoms with Crippen molar-refractivity contribution in [3.63, 3.8) is 0 Å². The number of urea groups is 1. The lowest BCUT2D eigenvalue weighted by atomic mass is 10.1. The van der Waals surface area contributed by atoms with Gasteiger partial charge in [0.25, 0.3) is 0 Å². The molecule has 0 spiro atoms.